The van der Waals surface area contributed by atoms with Crippen LogP contribution in [0, 0.1) is 0 Å². The van der Waals surface area contributed by atoms with Crippen molar-refractivity contribution in [3.05, 3.63) is 35.4 Å². The molecule has 0 unspecified atom stereocenters. The maximum absolute atomic E-state index is 12.5. The topological polar surface area (TPSA) is 53.6 Å². The summed E-state index contributed by atoms with van der Waals surface area (Å²) in [5.41, 5.74) is 2.05. The summed E-state index contributed by atoms with van der Waals surface area (Å²) in [6, 6.07) is 8.14. The van der Waals surface area contributed by atoms with Gasteiger partial charge in [-0.05, 0) is 54.6 Å². The summed E-state index contributed by atoms with van der Waals surface area (Å²) in [6.45, 7) is 9.81. The molecule has 1 aromatic carbocycles. The predicted molar refractivity (Wildman–Crippen MR) is 114 cm³/mol. The van der Waals surface area contributed by atoms with Crippen molar-refractivity contribution >= 4 is 23.2 Å². The highest BCUT2D eigenvalue weighted by Gasteiger charge is 2.22. The molecule has 0 radical (unpaired) electrons. The average molecular weight is 392 g/mol. The molecule has 1 saturated heterocycles. The molecule has 0 aromatic heterocycles. The second-order valence-corrected chi connectivity index (χ2v) is 8.53. The monoisotopic (exact) mass is 391 g/mol. The van der Waals surface area contributed by atoms with Gasteiger partial charge >= 0.3 is 0 Å². The summed E-state index contributed by atoms with van der Waals surface area (Å²) in [7, 11) is 1.70. The zero-order valence-electron chi connectivity index (χ0n) is 17.0. The quantitative estimate of drug-likeness (QED) is 0.577. The van der Waals surface area contributed by atoms with Gasteiger partial charge in [0.2, 0.25) is 0 Å². The Morgan fingerprint density at radius 3 is 2.41 bits per heavy atom. The molecule has 1 aromatic rings. The third-order valence-corrected chi connectivity index (χ3v) is 5.33. The van der Waals surface area contributed by atoms with Gasteiger partial charge in [-0.3, -0.25) is 4.79 Å². The Balaban J connectivity index is 1.76. The summed E-state index contributed by atoms with van der Waals surface area (Å²) in [4.78, 5) is 14.7. The first-order valence-corrected chi connectivity index (χ1v) is 10.1. The van der Waals surface area contributed by atoms with Crippen LogP contribution in [0.5, 0.6) is 0 Å². The number of nitrogens with one attached hydrogen (secondary N) is 2. The Morgan fingerprint density at radius 1 is 1.22 bits per heavy atom. The number of amides is 1. The van der Waals surface area contributed by atoms with Crippen molar-refractivity contribution in [2.75, 3.05) is 33.4 Å². The molecule has 1 heterocycles. The average Bonchev–Trinajstić information content (AvgIpc) is 2.65. The Hall–Kier alpha value is -1.66. The van der Waals surface area contributed by atoms with Crippen molar-refractivity contribution in [1.82, 2.24) is 15.5 Å². The fraction of sp³-hybridized carbons (Fsp3) is 0.619. The number of thiocarbonyl (C=S) groups is 1. The molecule has 0 spiro atoms. The van der Waals surface area contributed by atoms with E-state index in [1.54, 1.807) is 7.11 Å². The molecule has 1 aliphatic heterocycles. The van der Waals surface area contributed by atoms with Gasteiger partial charge in [-0.2, -0.15) is 0 Å². The SMILES string of the molecule is COCCCNC(=S)N1CCC(NC(=O)c2ccc(C(C)(C)C)cc2)CC1. The third kappa shape index (κ3) is 6.78. The van der Waals surface area contributed by atoms with Crippen LogP contribution >= 0.6 is 12.2 Å². The van der Waals surface area contributed by atoms with E-state index in [1.165, 1.54) is 5.56 Å². The summed E-state index contributed by atoms with van der Waals surface area (Å²) >= 11 is 5.46. The van der Waals surface area contributed by atoms with Crippen LogP contribution in [0.3, 0.4) is 0 Å². The maximum atomic E-state index is 12.5. The minimum atomic E-state index is 0.00850. The Bertz CT molecular complexity index is 617. The van der Waals surface area contributed by atoms with Crippen molar-refractivity contribution in [2.45, 2.75) is 51.5 Å². The van der Waals surface area contributed by atoms with Crippen LogP contribution in [-0.4, -0.2) is 55.3 Å². The summed E-state index contributed by atoms with van der Waals surface area (Å²) in [6.07, 6.45) is 2.76. The van der Waals surface area contributed by atoms with E-state index < -0.39 is 0 Å². The van der Waals surface area contributed by atoms with E-state index in [0.717, 1.165) is 56.2 Å². The van der Waals surface area contributed by atoms with E-state index in [9.17, 15) is 4.79 Å². The van der Waals surface area contributed by atoms with Gasteiger partial charge in [-0.25, -0.2) is 0 Å². The number of hydrogen-bond donors (Lipinski definition) is 2. The van der Waals surface area contributed by atoms with Gasteiger partial charge in [-0.1, -0.05) is 32.9 Å². The fourth-order valence-corrected chi connectivity index (χ4v) is 3.43. The lowest BCUT2D eigenvalue weighted by atomic mass is 9.86. The van der Waals surface area contributed by atoms with Gasteiger partial charge in [0.15, 0.2) is 5.11 Å². The maximum Gasteiger partial charge on any atom is 0.251 e. The van der Waals surface area contributed by atoms with Gasteiger partial charge < -0.3 is 20.3 Å². The molecule has 0 bridgehead atoms. The normalized spacial score (nSPS) is 15.5. The zero-order valence-corrected chi connectivity index (χ0v) is 17.8. The number of nitrogens with zero attached hydrogens (tertiary/aromatic N) is 1. The van der Waals surface area contributed by atoms with Crippen LogP contribution in [0.25, 0.3) is 0 Å². The summed E-state index contributed by atoms with van der Waals surface area (Å²) in [5, 5.41) is 7.24. The molecule has 150 valence electrons. The molecule has 1 amide bonds. The van der Waals surface area contributed by atoms with Gasteiger partial charge in [-0.15, -0.1) is 0 Å². The van der Waals surface area contributed by atoms with E-state index in [4.69, 9.17) is 17.0 Å². The van der Waals surface area contributed by atoms with E-state index >= 15 is 0 Å². The lowest BCUT2D eigenvalue weighted by Crippen LogP contribution is -2.49. The van der Waals surface area contributed by atoms with E-state index in [-0.39, 0.29) is 17.4 Å². The van der Waals surface area contributed by atoms with Gasteiger partial charge in [0.05, 0.1) is 0 Å². The standard InChI is InChI=1S/C21H33N3O2S/c1-21(2,3)17-8-6-16(7-9-17)19(25)23-18-10-13-24(14-11-18)20(27)22-12-5-15-26-4/h6-9,18H,5,10-15H2,1-4H3,(H,22,27)(H,23,25). The lowest BCUT2D eigenvalue weighted by molar-refractivity contribution is 0.0922. The molecule has 0 aliphatic carbocycles. The molecule has 2 N–H and O–H groups in total. The Kier molecular flexibility index (Phi) is 8.05. The van der Waals surface area contributed by atoms with Crippen LogP contribution in [0.2, 0.25) is 0 Å². The number of hydrogen-bond acceptors (Lipinski definition) is 3. The number of rotatable bonds is 6. The van der Waals surface area contributed by atoms with Crippen molar-refractivity contribution in [3.8, 4) is 0 Å². The molecular weight excluding hydrogens is 358 g/mol. The highest BCUT2D eigenvalue weighted by Crippen LogP contribution is 2.22. The molecule has 27 heavy (non-hydrogen) atoms. The molecule has 1 aliphatic rings. The number of carbonyl (C=O) groups excluding carboxylic acids is 1. The number of ether oxygens (including phenoxy) is 1. The Morgan fingerprint density at radius 2 is 1.85 bits per heavy atom. The fourth-order valence-electron chi connectivity index (χ4n) is 3.14. The van der Waals surface area contributed by atoms with Crippen molar-refractivity contribution in [1.29, 1.82) is 0 Å². The van der Waals surface area contributed by atoms with Crippen LogP contribution in [-0.2, 0) is 10.2 Å². The first-order chi connectivity index (χ1) is 12.8. The van der Waals surface area contributed by atoms with Crippen molar-refractivity contribution in [3.63, 3.8) is 0 Å². The number of methoxy groups -OCH3 is 1. The molecule has 0 saturated carbocycles. The highest BCUT2D eigenvalue weighted by atomic mass is 32.1. The van der Waals surface area contributed by atoms with Crippen molar-refractivity contribution < 1.29 is 9.53 Å². The molecule has 2 rings (SSSR count). The number of piperidine rings is 1. The third-order valence-electron chi connectivity index (χ3n) is 4.93. The van der Waals surface area contributed by atoms with E-state index in [0.29, 0.717) is 0 Å². The molecule has 1 fully saturated rings. The largest absolute Gasteiger partial charge is 0.385 e. The lowest BCUT2D eigenvalue weighted by Gasteiger charge is -2.34. The minimum absolute atomic E-state index is 0.00850. The molecule has 0 atom stereocenters. The number of benzene rings is 1. The smallest absolute Gasteiger partial charge is 0.251 e. The number of carbonyl (C=O) groups is 1. The Labute approximate surface area is 168 Å². The summed E-state index contributed by atoms with van der Waals surface area (Å²) < 4.78 is 5.04. The minimum Gasteiger partial charge on any atom is -0.385 e. The van der Waals surface area contributed by atoms with Crippen LogP contribution in [0.4, 0.5) is 0 Å². The summed E-state index contributed by atoms with van der Waals surface area (Å²) in [5.74, 6) is 0.00850. The zero-order chi connectivity index (χ0) is 19.9. The molecule has 6 heteroatoms. The van der Waals surface area contributed by atoms with E-state index in [2.05, 4.69) is 36.3 Å². The van der Waals surface area contributed by atoms with Crippen LogP contribution < -0.4 is 10.6 Å². The van der Waals surface area contributed by atoms with Crippen LogP contribution in [0.1, 0.15) is 56.0 Å². The highest BCUT2D eigenvalue weighted by molar-refractivity contribution is 7.80. The van der Waals surface area contributed by atoms with Gasteiger partial charge in [0.25, 0.3) is 5.91 Å². The molecule has 5 nitrogen and oxygen atoms in total. The van der Waals surface area contributed by atoms with E-state index in [1.807, 2.05) is 24.3 Å². The van der Waals surface area contributed by atoms with Crippen LogP contribution in [0.15, 0.2) is 24.3 Å². The predicted octanol–water partition coefficient (Wildman–Crippen LogP) is 3.09. The first-order valence-electron chi connectivity index (χ1n) is 9.74. The second kappa shape index (κ2) is 10.0. The molecular formula is C21H33N3O2S. The second-order valence-electron chi connectivity index (χ2n) is 8.14. The first kappa shape index (κ1) is 21.6. The number of likely N-dealkylation sites (tertiary alicyclic amines) is 1. The van der Waals surface area contributed by atoms with Crippen molar-refractivity contribution in [2.24, 2.45) is 0 Å². The van der Waals surface area contributed by atoms with Gasteiger partial charge in [0.1, 0.15) is 0 Å². The van der Waals surface area contributed by atoms with Gasteiger partial charge in [0, 0.05) is 45.0 Å².